The molecule has 0 aliphatic rings. The van der Waals surface area contributed by atoms with E-state index in [9.17, 15) is 0 Å². The van der Waals surface area contributed by atoms with Crippen LogP contribution in [0.1, 0.15) is 16.9 Å². The summed E-state index contributed by atoms with van der Waals surface area (Å²) in [5.41, 5.74) is 8.95. The fourth-order valence-corrected chi connectivity index (χ4v) is 2.12. The Morgan fingerprint density at radius 3 is 2.61 bits per heavy atom. The molecule has 3 nitrogen and oxygen atoms in total. The average molecular weight is 265 g/mol. The predicted octanol–water partition coefficient (Wildman–Crippen LogP) is 3.46. The summed E-state index contributed by atoms with van der Waals surface area (Å²) in [6, 6.07) is 7.55. The van der Waals surface area contributed by atoms with E-state index in [2.05, 4.69) is 4.90 Å². The highest BCUT2D eigenvalue weighted by molar-refractivity contribution is 6.30. The van der Waals surface area contributed by atoms with Gasteiger partial charge in [0.05, 0.1) is 6.26 Å². The van der Waals surface area contributed by atoms with Gasteiger partial charge in [0.15, 0.2) is 0 Å². The molecule has 0 saturated heterocycles. The quantitative estimate of drug-likeness (QED) is 0.860. The van der Waals surface area contributed by atoms with Crippen LogP contribution in [0.5, 0.6) is 0 Å². The van der Waals surface area contributed by atoms with Gasteiger partial charge in [-0.3, -0.25) is 4.90 Å². The van der Waals surface area contributed by atoms with Gasteiger partial charge in [-0.25, -0.2) is 0 Å². The van der Waals surface area contributed by atoms with Crippen LogP contribution >= 0.6 is 11.6 Å². The molecule has 2 N–H and O–H groups in total. The van der Waals surface area contributed by atoms with Crippen molar-refractivity contribution in [1.29, 1.82) is 0 Å². The Labute approximate surface area is 112 Å². The van der Waals surface area contributed by atoms with Crippen molar-refractivity contribution in [1.82, 2.24) is 4.90 Å². The first kappa shape index (κ1) is 13.0. The van der Waals surface area contributed by atoms with Crippen molar-refractivity contribution in [3.63, 3.8) is 0 Å². The van der Waals surface area contributed by atoms with Crippen molar-refractivity contribution in [2.45, 2.75) is 20.0 Å². The Kier molecular flexibility index (Phi) is 3.94. The Bertz CT molecular complexity index is 536. The molecule has 2 aromatic rings. The molecule has 0 atom stereocenters. The van der Waals surface area contributed by atoms with Crippen LogP contribution in [0.2, 0.25) is 5.02 Å². The number of hydrogen-bond donors (Lipinski definition) is 1. The third kappa shape index (κ3) is 3.06. The Morgan fingerprint density at radius 2 is 1.94 bits per heavy atom. The van der Waals surface area contributed by atoms with Gasteiger partial charge in [-0.05, 0) is 43.8 Å². The van der Waals surface area contributed by atoms with E-state index in [1.165, 1.54) is 5.56 Å². The van der Waals surface area contributed by atoms with Gasteiger partial charge in [0, 0.05) is 29.4 Å². The van der Waals surface area contributed by atoms with Crippen molar-refractivity contribution in [3.8, 4) is 0 Å². The van der Waals surface area contributed by atoms with Gasteiger partial charge < -0.3 is 10.2 Å². The lowest BCUT2D eigenvalue weighted by Crippen LogP contribution is -2.18. The third-order valence-corrected chi connectivity index (χ3v) is 3.19. The smallest absolute Gasteiger partial charge is 0.105 e. The van der Waals surface area contributed by atoms with Gasteiger partial charge in [0.25, 0.3) is 0 Å². The van der Waals surface area contributed by atoms with Gasteiger partial charge in [-0.2, -0.15) is 0 Å². The third-order valence-electron chi connectivity index (χ3n) is 2.95. The molecule has 0 spiro atoms. The molecule has 96 valence electrons. The molecule has 0 amide bonds. The Morgan fingerprint density at radius 1 is 1.22 bits per heavy atom. The first-order valence-corrected chi connectivity index (χ1v) is 6.19. The number of rotatable bonds is 4. The van der Waals surface area contributed by atoms with Crippen molar-refractivity contribution in [2.24, 2.45) is 0 Å². The molecule has 1 aromatic heterocycles. The minimum atomic E-state index is 0.715. The number of aryl methyl sites for hydroxylation is 1. The van der Waals surface area contributed by atoms with Crippen molar-refractivity contribution < 1.29 is 4.42 Å². The van der Waals surface area contributed by atoms with Crippen LogP contribution in [-0.2, 0) is 13.1 Å². The summed E-state index contributed by atoms with van der Waals surface area (Å²) in [5.74, 6) is 0.959. The number of halogens is 1. The summed E-state index contributed by atoms with van der Waals surface area (Å²) < 4.78 is 5.29. The summed E-state index contributed by atoms with van der Waals surface area (Å²) in [7, 11) is 2.05. The van der Waals surface area contributed by atoms with Crippen molar-refractivity contribution >= 4 is 17.3 Å². The number of hydrogen-bond acceptors (Lipinski definition) is 3. The largest absolute Gasteiger partial charge is 0.469 e. The van der Waals surface area contributed by atoms with E-state index >= 15 is 0 Å². The fourth-order valence-electron chi connectivity index (χ4n) is 1.92. The van der Waals surface area contributed by atoms with Crippen LogP contribution in [0.3, 0.4) is 0 Å². The minimum Gasteiger partial charge on any atom is -0.469 e. The summed E-state index contributed by atoms with van der Waals surface area (Å²) in [6.45, 7) is 3.56. The van der Waals surface area contributed by atoms with Crippen LogP contribution in [0, 0.1) is 6.92 Å². The van der Waals surface area contributed by atoms with Gasteiger partial charge in [0.2, 0.25) is 0 Å². The molecule has 1 heterocycles. The first-order valence-electron chi connectivity index (χ1n) is 5.81. The highest BCUT2D eigenvalue weighted by atomic mass is 35.5. The second kappa shape index (κ2) is 5.46. The van der Waals surface area contributed by atoms with Gasteiger partial charge in [-0.15, -0.1) is 0 Å². The average Bonchev–Trinajstić information content (AvgIpc) is 2.70. The predicted molar refractivity (Wildman–Crippen MR) is 74.5 cm³/mol. The summed E-state index contributed by atoms with van der Waals surface area (Å²) in [4.78, 5) is 2.18. The van der Waals surface area contributed by atoms with E-state index < -0.39 is 0 Å². The van der Waals surface area contributed by atoms with Crippen LogP contribution in [0.4, 0.5) is 5.69 Å². The van der Waals surface area contributed by atoms with Gasteiger partial charge >= 0.3 is 0 Å². The topological polar surface area (TPSA) is 42.4 Å². The van der Waals surface area contributed by atoms with Crippen LogP contribution < -0.4 is 5.73 Å². The number of furan rings is 1. The summed E-state index contributed by atoms with van der Waals surface area (Å²) in [6.07, 6.45) is 1.71. The van der Waals surface area contributed by atoms with E-state index in [4.69, 9.17) is 21.8 Å². The fraction of sp³-hybridized carbons (Fsp3) is 0.286. The van der Waals surface area contributed by atoms with Gasteiger partial charge in [-0.1, -0.05) is 11.6 Å². The lowest BCUT2D eigenvalue weighted by molar-refractivity contribution is 0.317. The second-order valence-corrected chi connectivity index (χ2v) is 4.95. The number of benzene rings is 1. The van der Waals surface area contributed by atoms with E-state index in [-0.39, 0.29) is 0 Å². The first-order chi connectivity index (χ1) is 8.56. The van der Waals surface area contributed by atoms with E-state index in [1.54, 1.807) is 12.3 Å². The molecule has 0 aliphatic heterocycles. The molecule has 18 heavy (non-hydrogen) atoms. The molecule has 0 bridgehead atoms. The molecular formula is C14H17ClN2O. The molecule has 4 heteroatoms. The summed E-state index contributed by atoms with van der Waals surface area (Å²) >= 11 is 5.98. The standard InChI is InChI=1S/C14H17ClN2O/c1-10-11(5-6-18-10)8-17(2)9-12-7-13(15)3-4-14(12)16/h3-7H,8-9,16H2,1-2H3. The lowest BCUT2D eigenvalue weighted by atomic mass is 10.1. The molecule has 0 radical (unpaired) electrons. The summed E-state index contributed by atoms with van der Waals surface area (Å²) in [5, 5.41) is 0.715. The van der Waals surface area contributed by atoms with E-state index in [0.29, 0.717) is 5.02 Å². The highest BCUT2D eigenvalue weighted by Gasteiger charge is 2.08. The second-order valence-electron chi connectivity index (χ2n) is 4.52. The molecule has 0 aliphatic carbocycles. The molecule has 2 rings (SSSR count). The highest BCUT2D eigenvalue weighted by Crippen LogP contribution is 2.20. The molecule has 0 fully saturated rings. The van der Waals surface area contributed by atoms with Crippen molar-refractivity contribution in [3.05, 3.63) is 52.4 Å². The molecule has 1 aromatic carbocycles. The zero-order valence-electron chi connectivity index (χ0n) is 10.6. The number of anilines is 1. The maximum atomic E-state index is 5.98. The number of nitrogens with two attached hydrogens (primary N) is 1. The Hall–Kier alpha value is -1.45. The normalized spacial score (nSPS) is 11.1. The lowest BCUT2D eigenvalue weighted by Gasteiger charge is -2.17. The maximum Gasteiger partial charge on any atom is 0.105 e. The number of nitrogen functional groups attached to an aromatic ring is 1. The monoisotopic (exact) mass is 264 g/mol. The van der Waals surface area contributed by atoms with Crippen molar-refractivity contribution in [2.75, 3.05) is 12.8 Å². The molecular weight excluding hydrogens is 248 g/mol. The van der Waals surface area contributed by atoms with Crippen LogP contribution in [-0.4, -0.2) is 11.9 Å². The zero-order valence-corrected chi connectivity index (χ0v) is 11.4. The Balaban J connectivity index is 2.05. The maximum absolute atomic E-state index is 5.98. The SMILES string of the molecule is Cc1occc1CN(C)Cc1cc(Cl)ccc1N. The van der Waals surface area contributed by atoms with Crippen LogP contribution in [0.15, 0.2) is 34.9 Å². The molecule has 0 unspecified atom stereocenters. The molecule has 0 saturated carbocycles. The van der Waals surface area contributed by atoms with E-state index in [0.717, 1.165) is 30.1 Å². The van der Waals surface area contributed by atoms with Crippen LogP contribution in [0.25, 0.3) is 0 Å². The van der Waals surface area contributed by atoms with Gasteiger partial charge in [0.1, 0.15) is 5.76 Å². The zero-order chi connectivity index (χ0) is 13.1. The number of nitrogens with zero attached hydrogens (tertiary/aromatic N) is 1. The van der Waals surface area contributed by atoms with E-state index in [1.807, 2.05) is 32.2 Å². The minimum absolute atomic E-state index is 0.715.